The summed E-state index contributed by atoms with van der Waals surface area (Å²) in [5.41, 5.74) is 0. The Hall–Kier alpha value is -0.333. The van der Waals surface area contributed by atoms with Crippen LogP contribution in [0.25, 0.3) is 0 Å². The molecule has 1 rings (SSSR count). The highest BCUT2D eigenvalue weighted by molar-refractivity contribution is 14.1. The predicted molar refractivity (Wildman–Crippen MR) is 102 cm³/mol. The number of pyridine rings is 1. The number of hydrogen-bond donors (Lipinski definition) is 0. The van der Waals surface area contributed by atoms with E-state index in [1.165, 1.54) is 22.6 Å². The Morgan fingerprint density at radius 3 is 2.50 bits per heavy atom. The van der Waals surface area contributed by atoms with Gasteiger partial charge in [-0.25, -0.2) is 26.5 Å². The summed E-state index contributed by atoms with van der Waals surface area (Å²) < 4.78 is 58.5. The van der Waals surface area contributed by atoms with Gasteiger partial charge in [-0.05, 0) is 35.1 Å². The van der Waals surface area contributed by atoms with Gasteiger partial charge in [0.2, 0.25) is 10.0 Å². The Bertz CT molecular complexity index is 669. The molecule has 0 aliphatic heterocycles. The lowest BCUT2D eigenvalue weighted by atomic mass is 10.4. The average Bonchev–Trinajstić information content (AvgIpc) is 2.45. The molecule has 0 spiro atoms. The quantitative estimate of drug-likeness (QED) is 0.228. The number of aromatic nitrogens is 1. The minimum Gasteiger partial charge on any atom is -0.360 e. The molecule has 1 aromatic heterocycles. The number of ether oxygens (including phenoxy) is 1. The lowest BCUT2D eigenvalue weighted by Crippen LogP contribution is -2.37. The molecule has 1 aromatic rings. The molecular formula is C14H23F2IN2O3SSi. The number of rotatable bonds is 9. The second-order valence-corrected chi connectivity index (χ2v) is 15.3. The number of nitrogens with zero attached hydrogens (tertiary/aromatic N) is 2. The molecule has 5 nitrogen and oxygen atoms in total. The molecule has 1 heterocycles. The van der Waals surface area contributed by atoms with Crippen molar-refractivity contribution in [1.82, 2.24) is 4.98 Å². The van der Waals surface area contributed by atoms with E-state index in [-0.39, 0.29) is 16.1 Å². The molecule has 0 aromatic carbocycles. The summed E-state index contributed by atoms with van der Waals surface area (Å²) in [6, 6.07) is 0.853. The fourth-order valence-corrected chi connectivity index (χ4v) is 4.27. The van der Waals surface area contributed by atoms with Crippen molar-refractivity contribution in [3.05, 3.63) is 21.4 Å². The molecule has 0 bridgehead atoms. The summed E-state index contributed by atoms with van der Waals surface area (Å²) in [5.74, 6) is -2.42. The van der Waals surface area contributed by atoms with Crippen molar-refractivity contribution in [2.45, 2.75) is 39.0 Å². The SMILES string of the molecule is CCCS(=O)(=O)N(COCC[Si](C)(C)C)c1ncc(F)c(I)c1F. The van der Waals surface area contributed by atoms with Crippen LogP contribution in [0, 0.1) is 15.2 Å². The van der Waals surface area contributed by atoms with Gasteiger partial charge in [0.05, 0.1) is 15.5 Å². The van der Waals surface area contributed by atoms with Gasteiger partial charge in [-0.1, -0.05) is 26.6 Å². The van der Waals surface area contributed by atoms with Crippen LogP contribution in [0.5, 0.6) is 0 Å². The first kappa shape index (κ1) is 21.7. The largest absolute Gasteiger partial charge is 0.360 e. The van der Waals surface area contributed by atoms with Crippen molar-refractivity contribution in [3.8, 4) is 0 Å². The molecule has 0 unspecified atom stereocenters. The third-order valence-electron chi connectivity index (χ3n) is 3.14. The standard InChI is InChI=1S/C14H23F2IN2O3SSi/c1-5-7-23(20,21)19(10-22-6-8-24(2,3)4)14-12(16)13(17)11(15)9-18-14/h9H,5-8,10H2,1-4H3. The molecule has 10 heteroatoms. The van der Waals surface area contributed by atoms with Gasteiger partial charge in [0.15, 0.2) is 17.5 Å². The lowest BCUT2D eigenvalue weighted by Gasteiger charge is -2.24. The van der Waals surface area contributed by atoms with Crippen LogP contribution in [0.4, 0.5) is 14.6 Å². The number of hydrogen-bond acceptors (Lipinski definition) is 4. The summed E-state index contributed by atoms with van der Waals surface area (Å²) >= 11 is 1.49. The maximum absolute atomic E-state index is 14.3. The van der Waals surface area contributed by atoms with Gasteiger partial charge >= 0.3 is 0 Å². The monoisotopic (exact) mass is 492 g/mol. The molecule has 24 heavy (non-hydrogen) atoms. The van der Waals surface area contributed by atoms with Crippen LogP contribution in [0.15, 0.2) is 6.20 Å². The van der Waals surface area contributed by atoms with E-state index >= 15 is 0 Å². The van der Waals surface area contributed by atoms with Crippen LogP contribution >= 0.6 is 22.6 Å². The average molecular weight is 492 g/mol. The van der Waals surface area contributed by atoms with Crippen LogP contribution in [0.3, 0.4) is 0 Å². The van der Waals surface area contributed by atoms with Crippen LogP contribution in [0.1, 0.15) is 13.3 Å². The Kier molecular flexibility index (Phi) is 8.01. The van der Waals surface area contributed by atoms with Crippen molar-refractivity contribution in [3.63, 3.8) is 0 Å². The molecule has 138 valence electrons. The van der Waals surface area contributed by atoms with Gasteiger partial charge in [0.25, 0.3) is 0 Å². The van der Waals surface area contributed by atoms with E-state index < -0.39 is 35.5 Å². The number of halogens is 3. The molecule has 0 radical (unpaired) electrons. The van der Waals surface area contributed by atoms with Crippen molar-refractivity contribution in [2.24, 2.45) is 0 Å². The van der Waals surface area contributed by atoms with E-state index in [9.17, 15) is 17.2 Å². The van der Waals surface area contributed by atoms with Crippen molar-refractivity contribution >= 4 is 46.5 Å². The highest BCUT2D eigenvalue weighted by atomic mass is 127. The normalized spacial score (nSPS) is 12.5. The number of anilines is 1. The minimum absolute atomic E-state index is 0.167. The predicted octanol–water partition coefficient (Wildman–Crippen LogP) is 3.82. The van der Waals surface area contributed by atoms with E-state index in [4.69, 9.17) is 4.74 Å². The highest BCUT2D eigenvalue weighted by Crippen LogP contribution is 2.25. The molecule has 0 saturated heterocycles. The van der Waals surface area contributed by atoms with Gasteiger partial charge < -0.3 is 4.74 Å². The molecule has 0 fully saturated rings. The van der Waals surface area contributed by atoms with Crippen LogP contribution < -0.4 is 4.31 Å². The summed E-state index contributed by atoms with van der Waals surface area (Å²) in [4.78, 5) is 3.64. The zero-order valence-electron chi connectivity index (χ0n) is 14.3. The van der Waals surface area contributed by atoms with E-state index in [1.54, 1.807) is 6.92 Å². The molecule has 0 aliphatic carbocycles. The maximum atomic E-state index is 14.3. The Morgan fingerprint density at radius 1 is 1.33 bits per heavy atom. The first-order chi connectivity index (χ1) is 11.0. The maximum Gasteiger partial charge on any atom is 0.238 e. The molecular weight excluding hydrogens is 469 g/mol. The zero-order valence-corrected chi connectivity index (χ0v) is 18.2. The van der Waals surface area contributed by atoms with E-state index in [0.29, 0.717) is 13.0 Å². The summed E-state index contributed by atoms with van der Waals surface area (Å²) in [6.45, 7) is 8.27. The van der Waals surface area contributed by atoms with Crippen LogP contribution in [0.2, 0.25) is 25.7 Å². The number of sulfonamides is 1. The van der Waals surface area contributed by atoms with Gasteiger partial charge in [-0.3, -0.25) is 0 Å². The fourth-order valence-electron chi connectivity index (χ4n) is 1.78. The van der Waals surface area contributed by atoms with Crippen molar-refractivity contribution in [2.75, 3.05) is 23.4 Å². The fraction of sp³-hybridized carbons (Fsp3) is 0.643. The van der Waals surface area contributed by atoms with Crippen LogP contribution in [-0.4, -0.2) is 40.6 Å². The smallest absolute Gasteiger partial charge is 0.238 e. The summed E-state index contributed by atoms with van der Waals surface area (Å²) in [6.07, 6.45) is 1.18. The van der Waals surface area contributed by atoms with E-state index in [2.05, 4.69) is 24.6 Å². The molecule has 0 saturated carbocycles. The second-order valence-electron chi connectivity index (χ2n) is 6.57. The summed E-state index contributed by atoms with van der Waals surface area (Å²) in [7, 11) is -5.13. The van der Waals surface area contributed by atoms with Crippen molar-refractivity contribution < 1.29 is 21.9 Å². The van der Waals surface area contributed by atoms with Gasteiger partial charge in [-0.15, -0.1) is 0 Å². The zero-order chi connectivity index (χ0) is 18.5. The first-order valence-electron chi connectivity index (χ1n) is 7.57. The van der Waals surface area contributed by atoms with Crippen LogP contribution in [-0.2, 0) is 14.8 Å². The molecule has 0 N–H and O–H groups in total. The molecule has 0 atom stereocenters. The third kappa shape index (κ3) is 6.19. The van der Waals surface area contributed by atoms with Gasteiger partial charge in [0, 0.05) is 14.7 Å². The Labute approximate surface area is 157 Å². The van der Waals surface area contributed by atoms with E-state index in [0.717, 1.165) is 16.5 Å². The highest BCUT2D eigenvalue weighted by Gasteiger charge is 2.28. The lowest BCUT2D eigenvalue weighted by molar-refractivity contribution is 0.155. The molecule has 0 amide bonds. The Morgan fingerprint density at radius 2 is 1.96 bits per heavy atom. The first-order valence-corrected chi connectivity index (χ1v) is 14.0. The van der Waals surface area contributed by atoms with Gasteiger partial charge in [-0.2, -0.15) is 0 Å². The van der Waals surface area contributed by atoms with Crippen molar-refractivity contribution in [1.29, 1.82) is 0 Å². The topological polar surface area (TPSA) is 59.5 Å². The van der Waals surface area contributed by atoms with E-state index in [1.807, 2.05) is 0 Å². The Balaban J connectivity index is 3.05. The second kappa shape index (κ2) is 8.85. The summed E-state index contributed by atoms with van der Waals surface area (Å²) in [5, 5.41) is 0. The minimum atomic E-state index is -3.80. The molecule has 0 aliphatic rings. The third-order valence-corrected chi connectivity index (χ3v) is 7.70. The van der Waals surface area contributed by atoms with Gasteiger partial charge in [0.1, 0.15) is 6.73 Å².